The van der Waals surface area contributed by atoms with Crippen molar-refractivity contribution in [3.8, 4) is 0 Å². The lowest BCUT2D eigenvalue weighted by molar-refractivity contribution is -0.116. The summed E-state index contributed by atoms with van der Waals surface area (Å²) in [5.41, 5.74) is 5.18. The van der Waals surface area contributed by atoms with Crippen molar-refractivity contribution in [2.24, 2.45) is 5.73 Å². The fourth-order valence-electron chi connectivity index (χ4n) is 0.386. The Morgan fingerprint density at radius 1 is 1.70 bits per heavy atom. The summed E-state index contributed by atoms with van der Waals surface area (Å²) in [5, 5.41) is 2.60. The quantitative estimate of drug-likeness (QED) is 0.430. The Bertz CT molecular complexity index is 106. The summed E-state index contributed by atoms with van der Waals surface area (Å²) in [6.45, 7) is 4.54. The van der Waals surface area contributed by atoms with Gasteiger partial charge in [-0.25, -0.2) is 0 Å². The van der Waals surface area contributed by atoms with Gasteiger partial charge in [-0.05, 0) is 19.0 Å². The zero-order valence-corrected chi connectivity index (χ0v) is 8.13. The van der Waals surface area contributed by atoms with Crippen LogP contribution in [0.2, 0.25) is 0 Å². The largest absolute Gasteiger partial charge is 0.353 e. The van der Waals surface area contributed by atoms with Gasteiger partial charge in [0, 0.05) is 6.54 Å². The zero-order valence-electron chi connectivity index (χ0n) is 5.80. The van der Waals surface area contributed by atoms with Crippen molar-refractivity contribution in [3.63, 3.8) is 0 Å². The van der Waals surface area contributed by atoms with Crippen LogP contribution in [0.1, 0.15) is 6.42 Å². The number of rotatable bonds is 4. The Balaban J connectivity index is 0. The predicted octanol–water partition coefficient (Wildman–Crippen LogP) is 0.255. The Morgan fingerprint density at radius 3 is 2.70 bits per heavy atom. The van der Waals surface area contributed by atoms with Crippen LogP contribution < -0.4 is 11.1 Å². The summed E-state index contributed by atoms with van der Waals surface area (Å²) >= 11 is 0. The van der Waals surface area contributed by atoms with E-state index in [-0.39, 0.29) is 29.9 Å². The van der Waals surface area contributed by atoms with Crippen LogP contribution >= 0.6 is 24.0 Å². The zero-order chi connectivity index (χ0) is 7.11. The highest BCUT2D eigenvalue weighted by Crippen LogP contribution is 1.70. The molecule has 0 aliphatic rings. The van der Waals surface area contributed by atoms with Crippen molar-refractivity contribution in [2.45, 2.75) is 6.42 Å². The van der Waals surface area contributed by atoms with E-state index in [9.17, 15) is 4.79 Å². The van der Waals surface area contributed by atoms with Crippen molar-refractivity contribution < 1.29 is 4.79 Å². The van der Waals surface area contributed by atoms with Crippen molar-refractivity contribution in [1.82, 2.24) is 5.32 Å². The van der Waals surface area contributed by atoms with Gasteiger partial charge < -0.3 is 11.1 Å². The lowest BCUT2D eigenvalue weighted by Gasteiger charge is -1.97. The number of nitrogens with two attached hydrogens (primary N) is 1. The van der Waals surface area contributed by atoms with E-state index in [0.717, 1.165) is 6.42 Å². The third-order valence-electron chi connectivity index (χ3n) is 0.866. The van der Waals surface area contributed by atoms with Gasteiger partial charge in [-0.3, -0.25) is 4.79 Å². The van der Waals surface area contributed by atoms with Crippen molar-refractivity contribution in [1.29, 1.82) is 0 Å². The van der Waals surface area contributed by atoms with Gasteiger partial charge in [-0.2, -0.15) is 0 Å². The van der Waals surface area contributed by atoms with E-state index in [0.29, 0.717) is 13.1 Å². The first-order valence-electron chi connectivity index (χ1n) is 2.91. The van der Waals surface area contributed by atoms with E-state index in [1.807, 2.05) is 0 Å². The highest BCUT2D eigenvalue weighted by atomic mass is 127. The number of hydrogen-bond acceptors (Lipinski definition) is 2. The molecule has 0 aliphatic heterocycles. The Morgan fingerprint density at radius 2 is 2.30 bits per heavy atom. The molecule has 0 aromatic rings. The molecule has 0 unspecified atom stereocenters. The average molecular weight is 256 g/mol. The molecular weight excluding hydrogens is 243 g/mol. The minimum absolute atomic E-state index is 0. The monoisotopic (exact) mass is 256 g/mol. The normalized spacial score (nSPS) is 7.70. The molecular formula is C6H13IN2O. The third-order valence-corrected chi connectivity index (χ3v) is 0.866. The molecule has 0 bridgehead atoms. The molecule has 0 aromatic carbocycles. The van der Waals surface area contributed by atoms with Crippen molar-refractivity contribution in [3.05, 3.63) is 12.7 Å². The molecule has 4 heteroatoms. The Labute approximate surface area is 78.1 Å². The average Bonchev–Trinajstić information content (AvgIpc) is 1.89. The summed E-state index contributed by atoms with van der Waals surface area (Å²) in [4.78, 5) is 10.4. The van der Waals surface area contributed by atoms with E-state index < -0.39 is 0 Å². The number of carbonyl (C=O) groups excluding carboxylic acids is 1. The summed E-state index contributed by atoms with van der Waals surface area (Å²) in [6.07, 6.45) is 2.07. The first kappa shape index (κ1) is 12.6. The topological polar surface area (TPSA) is 55.1 Å². The molecule has 0 saturated carbocycles. The number of hydrogen-bond donors (Lipinski definition) is 2. The number of nitrogens with one attached hydrogen (secondary N) is 1. The van der Waals surface area contributed by atoms with Gasteiger partial charge >= 0.3 is 0 Å². The number of carbonyl (C=O) groups is 1. The van der Waals surface area contributed by atoms with E-state index in [2.05, 4.69) is 11.9 Å². The van der Waals surface area contributed by atoms with Crippen LogP contribution in [0.4, 0.5) is 0 Å². The molecule has 0 saturated heterocycles. The highest BCUT2D eigenvalue weighted by Gasteiger charge is 1.88. The van der Waals surface area contributed by atoms with Gasteiger partial charge in [-0.15, -0.1) is 24.0 Å². The van der Waals surface area contributed by atoms with Gasteiger partial charge in [0.2, 0.25) is 5.91 Å². The standard InChI is InChI=1S/C6H12N2O.HI/c1-2-6(9)8-5-3-4-7;/h2H,1,3-5,7H2,(H,8,9);1H. The molecule has 0 spiro atoms. The lowest BCUT2D eigenvalue weighted by Crippen LogP contribution is -2.23. The molecule has 0 rings (SSSR count). The van der Waals surface area contributed by atoms with E-state index in [1.165, 1.54) is 6.08 Å². The SMILES string of the molecule is C=CC(=O)NCCCN.I. The van der Waals surface area contributed by atoms with Gasteiger partial charge in [0.15, 0.2) is 0 Å². The van der Waals surface area contributed by atoms with Crippen LogP contribution in [-0.2, 0) is 4.79 Å². The molecule has 10 heavy (non-hydrogen) atoms. The molecule has 3 N–H and O–H groups in total. The van der Waals surface area contributed by atoms with E-state index >= 15 is 0 Å². The summed E-state index contributed by atoms with van der Waals surface area (Å²) in [7, 11) is 0. The molecule has 60 valence electrons. The van der Waals surface area contributed by atoms with Gasteiger partial charge in [-0.1, -0.05) is 6.58 Å². The van der Waals surface area contributed by atoms with Crippen molar-refractivity contribution >= 4 is 29.9 Å². The molecule has 0 atom stereocenters. The predicted molar refractivity (Wildman–Crippen MR) is 52.3 cm³/mol. The summed E-state index contributed by atoms with van der Waals surface area (Å²) in [5.74, 6) is -0.136. The van der Waals surface area contributed by atoms with Crippen LogP contribution in [0.3, 0.4) is 0 Å². The minimum Gasteiger partial charge on any atom is -0.353 e. The maximum absolute atomic E-state index is 10.4. The molecule has 3 nitrogen and oxygen atoms in total. The lowest BCUT2D eigenvalue weighted by atomic mass is 10.4. The summed E-state index contributed by atoms with van der Waals surface area (Å²) in [6, 6.07) is 0. The second kappa shape index (κ2) is 8.90. The Kier molecular flexibility index (Phi) is 11.2. The van der Waals surface area contributed by atoms with E-state index in [4.69, 9.17) is 5.73 Å². The second-order valence-electron chi connectivity index (χ2n) is 1.64. The van der Waals surface area contributed by atoms with Gasteiger partial charge in [0.25, 0.3) is 0 Å². The highest BCUT2D eigenvalue weighted by molar-refractivity contribution is 14.0. The smallest absolute Gasteiger partial charge is 0.243 e. The minimum atomic E-state index is -0.136. The maximum atomic E-state index is 10.4. The van der Waals surface area contributed by atoms with Crippen LogP contribution in [0.5, 0.6) is 0 Å². The van der Waals surface area contributed by atoms with Crippen molar-refractivity contribution in [2.75, 3.05) is 13.1 Å². The van der Waals surface area contributed by atoms with Gasteiger partial charge in [0.1, 0.15) is 0 Å². The molecule has 0 aliphatic carbocycles. The summed E-state index contributed by atoms with van der Waals surface area (Å²) < 4.78 is 0. The Hall–Kier alpha value is -0.100. The molecule has 0 fully saturated rings. The van der Waals surface area contributed by atoms with Gasteiger partial charge in [0.05, 0.1) is 0 Å². The fraction of sp³-hybridized carbons (Fsp3) is 0.500. The first-order chi connectivity index (χ1) is 4.31. The van der Waals surface area contributed by atoms with Crippen LogP contribution in [-0.4, -0.2) is 19.0 Å². The molecule has 0 heterocycles. The molecule has 0 radical (unpaired) electrons. The first-order valence-corrected chi connectivity index (χ1v) is 2.91. The maximum Gasteiger partial charge on any atom is 0.243 e. The van der Waals surface area contributed by atoms with Crippen LogP contribution in [0, 0.1) is 0 Å². The van der Waals surface area contributed by atoms with E-state index in [1.54, 1.807) is 0 Å². The molecule has 1 amide bonds. The third kappa shape index (κ3) is 7.90. The number of halogens is 1. The molecule has 0 aromatic heterocycles. The number of amides is 1. The van der Waals surface area contributed by atoms with Crippen LogP contribution in [0.25, 0.3) is 0 Å². The second-order valence-corrected chi connectivity index (χ2v) is 1.64. The fourth-order valence-corrected chi connectivity index (χ4v) is 0.386. The van der Waals surface area contributed by atoms with Crippen LogP contribution in [0.15, 0.2) is 12.7 Å².